The van der Waals surface area contributed by atoms with Crippen molar-refractivity contribution in [1.29, 1.82) is 0 Å². The molecule has 1 nitrogen and oxygen atoms in total. The van der Waals surface area contributed by atoms with Crippen molar-refractivity contribution in [3.05, 3.63) is 69.6 Å². The van der Waals surface area contributed by atoms with Crippen molar-refractivity contribution in [2.45, 2.75) is 13.0 Å². The van der Waals surface area contributed by atoms with Gasteiger partial charge < -0.3 is 5.11 Å². The van der Waals surface area contributed by atoms with Gasteiger partial charge in [-0.15, -0.1) is 11.3 Å². The minimum absolute atomic E-state index is 0.642. The third-order valence-corrected chi connectivity index (χ3v) is 4.82. The molecule has 0 radical (unpaired) electrons. The number of hydrogen-bond acceptors (Lipinski definition) is 2. The van der Waals surface area contributed by atoms with Crippen molar-refractivity contribution in [1.82, 2.24) is 0 Å². The van der Waals surface area contributed by atoms with Crippen LogP contribution in [0.1, 0.15) is 22.8 Å². The minimum Gasteiger partial charge on any atom is -0.384 e. The van der Waals surface area contributed by atoms with E-state index in [-0.39, 0.29) is 0 Å². The Morgan fingerprint density at radius 3 is 2.63 bits per heavy atom. The lowest BCUT2D eigenvalue weighted by atomic mass is 9.99. The number of fused-ring (bicyclic) bond motifs is 1. The van der Waals surface area contributed by atoms with Gasteiger partial charge in [0.25, 0.3) is 0 Å². The molecular formula is C16H13ClOS. The first-order valence-corrected chi connectivity index (χ1v) is 7.33. The predicted octanol–water partition coefficient (Wildman–Crippen LogP) is 4.94. The zero-order valence-corrected chi connectivity index (χ0v) is 12.0. The van der Waals surface area contributed by atoms with Gasteiger partial charge in [0.05, 0.1) is 0 Å². The number of thiophene rings is 1. The molecule has 1 aromatic heterocycles. The summed E-state index contributed by atoms with van der Waals surface area (Å²) in [5.41, 5.74) is 2.67. The Morgan fingerprint density at radius 1 is 1.05 bits per heavy atom. The Hall–Kier alpha value is -1.35. The van der Waals surface area contributed by atoms with Gasteiger partial charge in [-0.05, 0) is 29.3 Å². The van der Waals surface area contributed by atoms with Crippen LogP contribution in [0.4, 0.5) is 0 Å². The summed E-state index contributed by atoms with van der Waals surface area (Å²) in [6.07, 6.45) is -0.685. The van der Waals surface area contributed by atoms with E-state index in [1.54, 1.807) is 11.3 Å². The molecule has 0 amide bonds. The molecule has 1 N–H and O–H groups in total. The van der Waals surface area contributed by atoms with Gasteiger partial charge in [-0.3, -0.25) is 0 Å². The Morgan fingerprint density at radius 2 is 1.79 bits per heavy atom. The summed E-state index contributed by atoms with van der Waals surface area (Å²) < 4.78 is 1.12. The fourth-order valence-corrected chi connectivity index (χ4v) is 3.45. The monoisotopic (exact) mass is 288 g/mol. The second kappa shape index (κ2) is 4.97. The van der Waals surface area contributed by atoms with Gasteiger partial charge in [0, 0.05) is 20.8 Å². The largest absolute Gasteiger partial charge is 0.384 e. The molecule has 3 rings (SSSR count). The van der Waals surface area contributed by atoms with E-state index < -0.39 is 6.10 Å². The first-order chi connectivity index (χ1) is 9.18. The second-order valence-corrected chi connectivity index (χ2v) is 5.86. The molecule has 0 saturated heterocycles. The van der Waals surface area contributed by atoms with Crippen LogP contribution < -0.4 is 0 Å². The van der Waals surface area contributed by atoms with Crippen LogP contribution in [0.15, 0.2) is 47.8 Å². The summed E-state index contributed by atoms with van der Waals surface area (Å²) >= 11 is 7.95. The quantitative estimate of drug-likeness (QED) is 0.708. The van der Waals surface area contributed by atoms with E-state index >= 15 is 0 Å². The number of benzene rings is 2. The molecular weight excluding hydrogens is 276 g/mol. The molecule has 0 saturated carbocycles. The summed E-state index contributed by atoms with van der Waals surface area (Å²) in [7, 11) is 0. The molecule has 0 aliphatic heterocycles. The third kappa shape index (κ3) is 2.16. The summed E-state index contributed by atoms with van der Waals surface area (Å²) in [5.74, 6) is 0. The van der Waals surface area contributed by atoms with Crippen molar-refractivity contribution in [2.75, 3.05) is 0 Å². The molecule has 3 aromatic rings. The fourth-order valence-electron chi connectivity index (χ4n) is 2.28. The highest BCUT2D eigenvalue weighted by molar-refractivity contribution is 7.17. The predicted molar refractivity (Wildman–Crippen MR) is 82.1 cm³/mol. The topological polar surface area (TPSA) is 20.2 Å². The van der Waals surface area contributed by atoms with E-state index in [4.69, 9.17) is 11.6 Å². The Kier molecular flexibility index (Phi) is 3.31. The van der Waals surface area contributed by atoms with Crippen LogP contribution in [-0.2, 0) is 0 Å². The zero-order valence-electron chi connectivity index (χ0n) is 10.4. The molecule has 0 aliphatic rings. The van der Waals surface area contributed by atoms with Gasteiger partial charge in [0.2, 0.25) is 0 Å². The van der Waals surface area contributed by atoms with E-state index in [1.165, 1.54) is 0 Å². The molecule has 0 fully saturated rings. The van der Waals surface area contributed by atoms with Gasteiger partial charge in [0.1, 0.15) is 6.10 Å². The minimum atomic E-state index is -0.685. The molecule has 2 aromatic carbocycles. The fraction of sp³-hybridized carbons (Fsp3) is 0.125. The first-order valence-electron chi connectivity index (χ1n) is 6.07. The lowest BCUT2D eigenvalue weighted by molar-refractivity contribution is 0.222. The summed E-state index contributed by atoms with van der Waals surface area (Å²) in [4.78, 5) is 0. The highest BCUT2D eigenvalue weighted by atomic mass is 35.5. The molecule has 19 heavy (non-hydrogen) atoms. The van der Waals surface area contributed by atoms with Crippen LogP contribution in [0.5, 0.6) is 0 Å². The molecule has 0 bridgehead atoms. The third-order valence-electron chi connectivity index (χ3n) is 3.32. The van der Waals surface area contributed by atoms with E-state index in [1.807, 2.05) is 42.6 Å². The standard InChI is InChI=1S/C16H13ClOS/c1-10-4-2-6-12(14(10)17)15(18)13-7-3-5-11-8-9-19-16(11)13/h2-9,15,18H,1H3. The number of aliphatic hydroxyl groups excluding tert-OH is 1. The second-order valence-electron chi connectivity index (χ2n) is 4.57. The van der Waals surface area contributed by atoms with Crippen molar-refractivity contribution in [2.24, 2.45) is 0 Å². The van der Waals surface area contributed by atoms with Gasteiger partial charge in [0.15, 0.2) is 0 Å². The van der Waals surface area contributed by atoms with Gasteiger partial charge >= 0.3 is 0 Å². The van der Waals surface area contributed by atoms with E-state index in [2.05, 4.69) is 12.1 Å². The van der Waals surface area contributed by atoms with Crippen molar-refractivity contribution in [3.8, 4) is 0 Å². The average Bonchev–Trinajstić information content (AvgIpc) is 2.89. The molecule has 0 aliphatic carbocycles. The number of aliphatic hydroxyl groups is 1. The van der Waals surface area contributed by atoms with Gasteiger partial charge in [-0.25, -0.2) is 0 Å². The van der Waals surface area contributed by atoms with Crippen molar-refractivity contribution >= 4 is 33.0 Å². The van der Waals surface area contributed by atoms with Crippen LogP contribution in [0.3, 0.4) is 0 Å². The highest BCUT2D eigenvalue weighted by Crippen LogP contribution is 2.35. The molecule has 0 spiro atoms. The molecule has 1 atom stereocenters. The summed E-state index contributed by atoms with van der Waals surface area (Å²) in [5, 5.41) is 14.5. The smallest absolute Gasteiger partial charge is 0.107 e. The molecule has 3 heteroatoms. The molecule has 1 heterocycles. The average molecular weight is 289 g/mol. The van der Waals surface area contributed by atoms with E-state index in [0.29, 0.717) is 5.02 Å². The normalized spacial score (nSPS) is 12.8. The Labute approximate surface area is 121 Å². The maximum Gasteiger partial charge on any atom is 0.107 e. The summed E-state index contributed by atoms with van der Waals surface area (Å²) in [6.45, 7) is 1.95. The van der Waals surface area contributed by atoms with Crippen LogP contribution in [0.25, 0.3) is 10.1 Å². The SMILES string of the molecule is Cc1cccc(C(O)c2cccc3ccsc23)c1Cl. The van der Waals surface area contributed by atoms with Crippen LogP contribution >= 0.6 is 22.9 Å². The van der Waals surface area contributed by atoms with Gasteiger partial charge in [-0.1, -0.05) is 48.0 Å². The van der Waals surface area contributed by atoms with Crippen molar-refractivity contribution in [3.63, 3.8) is 0 Å². The zero-order chi connectivity index (χ0) is 13.4. The highest BCUT2D eigenvalue weighted by Gasteiger charge is 2.17. The maximum absolute atomic E-state index is 10.6. The maximum atomic E-state index is 10.6. The molecule has 96 valence electrons. The van der Waals surface area contributed by atoms with Crippen LogP contribution in [-0.4, -0.2) is 5.11 Å². The number of halogens is 1. The Balaban J connectivity index is 2.16. The number of aryl methyl sites for hydroxylation is 1. The lowest BCUT2D eigenvalue weighted by Gasteiger charge is -2.15. The molecule has 1 unspecified atom stereocenters. The number of hydrogen-bond donors (Lipinski definition) is 1. The van der Waals surface area contributed by atoms with E-state index in [0.717, 1.165) is 26.8 Å². The van der Waals surface area contributed by atoms with Crippen LogP contribution in [0.2, 0.25) is 5.02 Å². The Bertz CT molecular complexity index is 732. The first kappa shape index (κ1) is 12.7. The van der Waals surface area contributed by atoms with Gasteiger partial charge in [-0.2, -0.15) is 0 Å². The number of rotatable bonds is 2. The van der Waals surface area contributed by atoms with Crippen LogP contribution in [0, 0.1) is 6.92 Å². The van der Waals surface area contributed by atoms with Crippen molar-refractivity contribution < 1.29 is 5.11 Å². The summed E-state index contributed by atoms with van der Waals surface area (Å²) in [6, 6.07) is 13.8. The lowest BCUT2D eigenvalue weighted by Crippen LogP contribution is -2.01. The van der Waals surface area contributed by atoms with E-state index in [9.17, 15) is 5.11 Å².